The van der Waals surface area contributed by atoms with Crippen LogP contribution in [0.15, 0.2) is 72.8 Å². The molecule has 274 valence electrons. The lowest BCUT2D eigenvalue weighted by Crippen LogP contribution is -2.23. The van der Waals surface area contributed by atoms with Crippen LogP contribution in [0.3, 0.4) is 0 Å². The lowest BCUT2D eigenvalue weighted by molar-refractivity contribution is -0.114. The van der Waals surface area contributed by atoms with Crippen LogP contribution in [0, 0.1) is 0 Å². The molecule has 3 aliphatic heterocycles. The summed E-state index contributed by atoms with van der Waals surface area (Å²) in [6, 6.07) is 25.3. The van der Waals surface area contributed by atoms with Gasteiger partial charge in [0.25, 0.3) is 0 Å². The molecule has 3 unspecified atom stereocenters. The van der Waals surface area contributed by atoms with Crippen LogP contribution >= 0.6 is 35.3 Å². The number of Topliss-reactive ketones (excluding diaryl/α,β-unsaturated/α-hetero) is 1. The molecule has 50 heavy (non-hydrogen) atoms. The molecule has 3 heterocycles. The van der Waals surface area contributed by atoms with Gasteiger partial charge in [-0.3, -0.25) is 4.79 Å². The topological polar surface area (TPSA) is 117 Å². The molecule has 0 bridgehead atoms. The number of aliphatic hydroxyl groups is 1. The third kappa shape index (κ3) is 15.5. The van der Waals surface area contributed by atoms with Crippen molar-refractivity contribution in [1.29, 1.82) is 0 Å². The summed E-state index contributed by atoms with van der Waals surface area (Å²) in [7, 11) is 0. The third-order valence-corrected chi connectivity index (χ3v) is 9.33. The van der Waals surface area contributed by atoms with Gasteiger partial charge >= 0.3 is 20.7 Å². The van der Waals surface area contributed by atoms with Crippen LogP contribution in [0.25, 0.3) is 0 Å². The average Bonchev–Trinajstić information content (AvgIpc) is 3.78. The number of hydrogen-bond acceptors (Lipinski definition) is 10. The molecule has 0 saturated heterocycles. The number of carbonyl (C=O) groups excluding carboxylic acids is 1. The first-order chi connectivity index (χ1) is 24.1. The van der Waals surface area contributed by atoms with Crippen molar-refractivity contribution < 1.29 is 23.9 Å². The first-order valence-corrected chi connectivity index (χ1v) is 21.5. The van der Waals surface area contributed by atoms with E-state index in [9.17, 15) is 4.79 Å². The minimum atomic E-state index is 0.108. The third-order valence-electron chi connectivity index (χ3n) is 8.05. The van der Waals surface area contributed by atoms with Crippen molar-refractivity contribution in [1.82, 2.24) is 0 Å². The van der Waals surface area contributed by atoms with E-state index in [1.807, 2.05) is 30.9 Å². The van der Waals surface area contributed by atoms with Crippen molar-refractivity contribution in [3.05, 3.63) is 89.5 Å². The molecule has 0 spiro atoms. The maximum Gasteiger partial charge on any atom is 0.324 e. The Kier molecular flexibility index (Phi) is 25.0. The van der Waals surface area contributed by atoms with Gasteiger partial charge in [-0.15, -0.1) is 11.8 Å². The van der Waals surface area contributed by atoms with E-state index in [1.54, 1.807) is 30.4 Å². The minimum Gasteiger partial charge on any atom is -0.424 e. The summed E-state index contributed by atoms with van der Waals surface area (Å²) in [6.45, 7) is 13.6. The Labute approximate surface area is 316 Å². The Morgan fingerprint density at radius 3 is 1.22 bits per heavy atom. The van der Waals surface area contributed by atoms with Crippen molar-refractivity contribution in [2.45, 2.75) is 72.4 Å². The number of hydrogen-bond donors (Lipinski definition) is 3. The van der Waals surface area contributed by atoms with Crippen LogP contribution in [-0.2, 0) is 18.8 Å². The Morgan fingerprint density at radius 1 is 0.660 bits per heavy atom. The lowest BCUT2D eigenvalue weighted by Gasteiger charge is -2.08. The maximum absolute atomic E-state index is 10.0. The zero-order valence-corrected chi connectivity index (χ0v) is 34.0. The zero-order valence-electron chi connectivity index (χ0n) is 31.6. The highest BCUT2D eigenvalue weighted by Crippen LogP contribution is 2.27. The van der Waals surface area contributed by atoms with Crippen LogP contribution in [0.4, 0.5) is 0 Å². The fourth-order valence-electron chi connectivity index (χ4n) is 5.72. The number of ketones is 1. The second-order valence-electron chi connectivity index (χ2n) is 11.7. The van der Waals surface area contributed by atoms with Gasteiger partial charge in [-0.25, -0.2) is 0 Å². The molecule has 0 aliphatic carbocycles. The molecule has 6 rings (SSSR count). The SMILES string of the molecule is CB1OC(CN)c2ccccc21.CCC1OB(C)c2ccccc21.CCC1OB(C)c2ccccc21.CSCC(C)=O.CSCN.CSCO. The van der Waals surface area contributed by atoms with E-state index in [0.29, 0.717) is 24.5 Å². The van der Waals surface area contributed by atoms with E-state index < -0.39 is 0 Å². The first kappa shape index (κ1) is 46.4. The fourth-order valence-corrected chi connectivity index (χ4v) is 6.13. The van der Waals surface area contributed by atoms with Gasteiger partial charge in [0, 0.05) is 12.4 Å². The van der Waals surface area contributed by atoms with E-state index in [2.05, 4.69) is 95.0 Å². The van der Waals surface area contributed by atoms with Crippen LogP contribution in [0.1, 0.15) is 68.6 Å². The number of aliphatic hydroxyl groups excluding tert-OH is 1. The van der Waals surface area contributed by atoms with Crippen LogP contribution in [0.5, 0.6) is 0 Å². The van der Waals surface area contributed by atoms with Crippen LogP contribution < -0.4 is 27.9 Å². The van der Waals surface area contributed by atoms with Gasteiger partial charge in [0.15, 0.2) is 0 Å². The first-order valence-electron chi connectivity index (χ1n) is 17.3. The highest BCUT2D eigenvalue weighted by Gasteiger charge is 2.31. The standard InChI is InChI=1S/2C10H13BO.C9H12BNO.C4H8OS.C2H7NS.C2H6OS/c2*1-3-10-8-6-4-5-7-9(8)11(2)12-10;1-10-8-5-3-2-4-7(8)9(6-11)12-10;1-4(5)3-6-2;2*1-4-2-3/h2*4-7,10H,3H2,1-2H3;2-5,9H,6,11H2,1H3;3H2,1-2H3;2-3H2,1H3;3H,2H2,1H3. The van der Waals surface area contributed by atoms with Crippen molar-refractivity contribution in [2.24, 2.45) is 11.5 Å². The Morgan fingerprint density at radius 2 is 0.980 bits per heavy atom. The minimum absolute atomic E-state index is 0.108. The molecule has 0 fully saturated rings. The molecule has 3 aliphatic rings. The van der Waals surface area contributed by atoms with Crippen molar-refractivity contribution in [3.63, 3.8) is 0 Å². The number of benzene rings is 3. The van der Waals surface area contributed by atoms with E-state index in [-0.39, 0.29) is 38.6 Å². The number of nitrogens with two attached hydrogens (primary N) is 2. The van der Waals surface area contributed by atoms with Gasteiger partial charge in [-0.05, 0) is 71.6 Å². The molecule has 7 nitrogen and oxygen atoms in total. The van der Waals surface area contributed by atoms with Crippen molar-refractivity contribution in [3.8, 4) is 0 Å². The molecule has 13 heteroatoms. The monoisotopic (exact) mass is 740 g/mol. The van der Waals surface area contributed by atoms with Gasteiger partial charge in [0.2, 0.25) is 0 Å². The quantitative estimate of drug-likeness (QED) is 0.196. The summed E-state index contributed by atoms with van der Waals surface area (Å²) in [6.07, 6.45) is 8.65. The Balaban J connectivity index is 0.000000318. The fraction of sp³-hybridized carbons (Fsp3) is 0.486. The molecular weight excluding hydrogens is 681 g/mol. The van der Waals surface area contributed by atoms with Gasteiger partial charge in [-0.2, -0.15) is 23.5 Å². The second-order valence-corrected chi connectivity index (χ2v) is 14.4. The highest BCUT2D eigenvalue weighted by molar-refractivity contribution is 7.99. The number of rotatable bonds is 7. The van der Waals surface area contributed by atoms with Crippen LogP contribution in [0.2, 0.25) is 20.5 Å². The zero-order chi connectivity index (χ0) is 37.5. The maximum atomic E-state index is 10.0. The smallest absolute Gasteiger partial charge is 0.324 e. The molecule has 0 aromatic heterocycles. The second kappa shape index (κ2) is 27.0. The normalized spacial score (nSPS) is 17.4. The number of fused-ring (bicyclic) bond motifs is 3. The van der Waals surface area contributed by atoms with Crippen molar-refractivity contribution >= 4 is 78.2 Å². The molecule has 3 aromatic carbocycles. The molecule has 0 radical (unpaired) electrons. The molecule has 0 saturated carbocycles. The van der Waals surface area contributed by atoms with E-state index in [1.165, 1.54) is 44.8 Å². The molecular formula is C37H59B3N2O5S3. The summed E-state index contributed by atoms with van der Waals surface area (Å²) < 4.78 is 17.2. The predicted molar refractivity (Wildman–Crippen MR) is 226 cm³/mol. The molecule has 3 aromatic rings. The summed E-state index contributed by atoms with van der Waals surface area (Å²) in [5.41, 5.74) is 18.6. The summed E-state index contributed by atoms with van der Waals surface area (Å²) in [5.74, 6) is 1.88. The highest BCUT2D eigenvalue weighted by atomic mass is 32.2. The summed E-state index contributed by atoms with van der Waals surface area (Å²) in [5, 5.41) is 7.84. The molecule has 3 atom stereocenters. The van der Waals surface area contributed by atoms with E-state index >= 15 is 0 Å². The predicted octanol–water partition coefficient (Wildman–Crippen LogP) is 6.04. The molecule has 0 amide bonds. The lowest BCUT2D eigenvalue weighted by atomic mass is 9.64. The average molecular weight is 741 g/mol. The number of thioether (sulfide) groups is 3. The van der Waals surface area contributed by atoms with Gasteiger partial charge < -0.3 is 30.5 Å². The largest absolute Gasteiger partial charge is 0.424 e. The van der Waals surface area contributed by atoms with Crippen LogP contribution in [-0.4, -0.2) is 74.5 Å². The summed E-state index contributed by atoms with van der Waals surface area (Å²) >= 11 is 4.61. The Bertz CT molecular complexity index is 1210. The van der Waals surface area contributed by atoms with Gasteiger partial charge in [0.1, 0.15) is 5.78 Å². The Hall–Kier alpha value is -1.67. The van der Waals surface area contributed by atoms with Crippen molar-refractivity contribution in [2.75, 3.05) is 42.9 Å². The van der Waals surface area contributed by atoms with E-state index in [0.717, 1.165) is 18.7 Å². The number of carbonyl (C=O) groups is 1. The molecule has 5 N–H and O–H groups in total. The summed E-state index contributed by atoms with van der Waals surface area (Å²) in [4.78, 5) is 10.0. The van der Waals surface area contributed by atoms with E-state index in [4.69, 9.17) is 30.5 Å². The van der Waals surface area contributed by atoms with Gasteiger partial charge in [0.05, 0.1) is 30.0 Å². The van der Waals surface area contributed by atoms with Gasteiger partial charge in [-0.1, -0.05) is 107 Å².